The van der Waals surface area contributed by atoms with Crippen LogP contribution >= 0.6 is 0 Å². The Balaban J connectivity index is 0.000000318. The van der Waals surface area contributed by atoms with E-state index in [1.165, 1.54) is 31.6 Å². The molecule has 0 aliphatic heterocycles. The molecule has 16 heavy (non-hydrogen) atoms. The second-order valence-electron chi connectivity index (χ2n) is 3.71. The van der Waals surface area contributed by atoms with Gasteiger partial charge in [-0.15, -0.1) is 0 Å². The summed E-state index contributed by atoms with van der Waals surface area (Å²) in [4.78, 5) is 0. The standard InChI is InChI=1S/C10H15.C5H5.Fe/c1-2-3-4-7-10-8-5-6-9-10;1-2-4-5-3-1;/h5-6,8-9H,2-4,7H2,1H3;1-5H;. The minimum absolute atomic E-state index is 0. The molecule has 88 valence electrons. The first-order valence-electron chi connectivity index (χ1n) is 5.80. The average molecular weight is 256 g/mol. The molecule has 2 saturated carbocycles. The summed E-state index contributed by atoms with van der Waals surface area (Å²) in [5, 5.41) is 0. The van der Waals surface area contributed by atoms with E-state index in [1.807, 2.05) is 32.1 Å². The van der Waals surface area contributed by atoms with E-state index in [9.17, 15) is 0 Å². The Morgan fingerprint density at radius 1 is 0.750 bits per heavy atom. The quantitative estimate of drug-likeness (QED) is 0.527. The van der Waals surface area contributed by atoms with Gasteiger partial charge in [-0.25, -0.2) is 0 Å². The SMILES string of the molecule is CCCCC[C]1[CH][CH][CH][CH]1.[CH]1[CH][CH][CH][CH]1.[Fe]. The predicted octanol–water partition coefficient (Wildman–Crippen LogP) is 3.99. The maximum atomic E-state index is 2.24. The zero-order valence-electron chi connectivity index (χ0n) is 9.88. The van der Waals surface area contributed by atoms with Crippen molar-refractivity contribution in [3.8, 4) is 0 Å². The van der Waals surface area contributed by atoms with Gasteiger partial charge < -0.3 is 0 Å². The Morgan fingerprint density at radius 3 is 1.69 bits per heavy atom. The zero-order chi connectivity index (χ0) is 10.8. The minimum atomic E-state index is 0. The van der Waals surface area contributed by atoms with Crippen molar-refractivity contribution in [1.29, 1.82) is 0 Å². The Hall–Kier alpha value is 0.519. The first-order chi connectivity index (χ1) is 7.43. The summed E-state index contributed by atoms with van der Waals surface area (Å²) >= 11 is 0. The molecule has 2 aliphatic carbocycles. The van der Waals surface area contributed by atoms with Gasteiger partial charge in [0, 0.05) is 17.1 Å². The van der Waals surface area contributed by atoms with Gasteiger partial charge in [-0.1, -0.05) is 26.2 Å². The van der Waals surface area contributed by atoms with Crippen molar-refractivity contribution in [2.24, 2.45) is 0 Å². The van der Waals surface area contributed by atoms with Gasteiger partial charge >= 0.3 is 0 Å². The number of hydrogen-bond acceptors (Lipinski definition) is 0. The van der Waals surface area contributed by atoms with Crippen LogP contribution in [-0.2, 0) is 17.1 Å². The molecule has 1 heteroatoms. The van der Waals surface area contributed by atoms with Crippen molar-refractivity contribution in [3.05, 3.63) is 63.7 Å². The largest absolute Gasteiger partial charge is 0.0654 e. The summed E-state index contributed by atoms with van der Waals surface area (Å²) in [7, 11) is 0. The molecule has 0 nitrogen and oxygen atoms in total. The van der Waals surface area contributed by atoms with Crippen LogP contribution in [0.4, 0.5) is 0 Å². The van der Waals surface area contributed by atoms with Gasteiger partial charge in [-0.3, -0.25) is 0 Å². The van der Waals surface area contributed by atoms with Gasteiger partial charge in [-0.2, -0.15) is 0 Å². The Labute approximate surface area is 113 Å². The van der Waals surface area contributed by atoms with E-state index >= 15 is 0 Å². The molecule has 2 fully saturated rings. The fraction of sp³-hybridized carbons (Fsp3) is 0.333. The van der Waals surface area contributed by atoms with Crippen LogP contribution in [0.1, 0.15) is 32.6 Å². The van der Waals surface area contributed by atoms with Crippen molar-refractivity contribution in [2.45, 2.75) is 32.6 Å². The first kappa shape index (κ1) is 16.5. The summed E-state index contributed by atoms with van der Waals surface area (Å²) in [5.74, 6) is 1.49. The van der Waals surface area contributed by atoms with Crippen molar-refractivity contribution in [2.75, 3.05) is 0 Å². The summed E-state index contributed by atoms with van der Waals surface area (Å²) in [6.45, 7) is 2.24. The second-order valence-corrected chi connectivity index (χ2v) is 3.71. The molecule has 0 saturated heterocycles. The third-order valence-electron chi connectivity index (χ3n) is 2.36. The van der Waals surface area contributed by atoms with Crippen LogP contribution < -0.4 is 0 Å². The maximum Gasteiger partial charge on any atom is 0 e. The Bertz CT molecular complexity index is 116. The van der Waals surface area contributed by atoms with E-state index in [4.69, 9.17) is 0 Å². The van der Waals surface area contributed by atoms with Gasteiger partial charge in [-0.05, 0) is 70.1 Å². The van der Waals surface area contributed by atoms with Gasteiger partial charge in [0.2, 0.25) is 0 Å². The van der Waals surface area contributed by atoms with E-state index in [1.54, 1.807) is 0 Å². The van der Waals surface area contributed by atoms with Crippen LogP contribution in [0.3, 0.4) is 0 Å². The monoisotopic (exact) mass is 256 g/mol. The fourth-order valence-electron chi connectivity index (χ4n) is 1.48. The van der Waals surface area contributed by atoms with Crippen LogP contribution in [0.25, 0.3) is 0 Å². The smallest absolute Gasteiger partial charge is 0 e. The van der Waals surface area contributed by atoms with Crippen LogP contribution in [0, 0.1) is 63.7 Å². The maximum absolute atomic E-state index is 2.24. The molecule has 0 atom stereocenters. The third kappa shape index (κ3) is 8.65. The summed E-state index contributed by atoms with van der Waals surface area (Å²) in [6, 6.07) is 0. The molecular weight excluding hydrogens is 236 g/mol. The van der Waals surface area contributed by atoms with Crippen LogP contribution in [0.15, 0.2) is 0 Å². The van der Waals surface area contributed by atoms with Gasteiger partial charge in [0.25, 0.3) is 0 Å². The van der Waals surface area contributed by atoms with E-state index < -0.39 is 0 Å². The molecule has 0 unspecified atom stereocenters. The summed E-state index contributed by atoms with van der Waals surface area (Å²) in [5.41, 5.74) is 0. The Morgan fingerprint density at radius 2 is 1.25 bits per heavy atom. The molecule has 10 radical (unpaired) electrons. The van der Waals surface area contributed by atoms with E-state index in [0.717, 1.165) is 0 Å². The molecule has 0 bridgehead atoms. The van der Waals surface area contributed by atoms with Crippen LogP contribution in [-0.4, -0.2) is 0 Å². The van der Waals surface area contributed by atoms with Gasteiger partial charge in [0.15, 0.2) is 0 Å². The predicted molar refractivity (Wildman–Crippen MR) is 66.1 cm³/mol. The normalized spacial score (nSPS) is 20.1. The number of unbranched alkanes of at least 4 members (excludes halogenated alkanes) is 2. The van der Waals surface area contributed by atoms with E-state index in [2.05, 4.69) is 32.6 Å². The topological polar surface area (TPSA) is 0 Å². The van der Waals surface area contributed by atoms with Crippen molar-refractivity contribution in [1.82, 2.24) is 0 Å². The molecule has 2 aliphatic rings. The molecule has 0 amide bonds. The zero-order valence-corrected chi connectivity index (χ0v) is 11.0. The van der Waals surface area contributed by atoms with Gasteiger partial charge in [0.1, 0.15) is 0 Å². The molecule has 0 aromatic heterocycles. The van der Waals surface area contributed by atoms with Crippen LogP contribution in [0.2, 0.25) is 0 Å². The Kier molecular flexibility index (Phi) is 12.4. The molecule has 0 heterocycles. The van der Waals surface area contributed by atoms with Crippen molar-refractivity contribution < 1.29 is 17.1 Å². The first-order valence-corrected chi connectivity index (χ1v) is 5.80. The average Bonchev–Trinajstić information content (AvgIpc) is 2.94. The minimum Gasteiger partial charge on any atom is -0.0654 e. The molecular formula is C15H20Fe. The summed E-state index contributed by atoms with van der Waals surface area (Å²) in [6.07, 6.45) is 23.9. The van der Waals surface area contributed by atoms with Crippen molar-refractivity contribution in [3.63, 3.8) is 0 Å². The summed E-state index contributed by atoms with van der Waals surface area (Å²) < 4.78 is 0. The molecule has 0 N–H and O–H groups in total. The van der Waals surface area contributed by atoms with E-state index in [0.29, 0.717) is 0 Å². The third-order valence-corrected chi connectivity index (χ3v) is 2.36. The molecule has 0 spiro atoms. The molecule has 0 aromatic rings. The molecule has 2 rings (SSSR count). The van der Waals surface area contributed by atoms with Crippen LogP contribution in [0.5, 0.6) is 0 Å². The van der Waals surface area contributed by atoms with Gasteiger partial charge in [0.05, 0.1) is 0 Å². The van der Waals surface area contributed by atoms with Crippen molar-refractivity contribution >= 4 is 0 Å². The van der Waals surface area contributed by atoms with E-state index in [-0.39, 0.29) is 17.1 Å². The second kappa shape index (κ2) is 12.0. The number of rotatable bonds is 4. The number of hydrogen-bond donors (Lipinski definition) is 0. The fourth-order valence-corrected chi connectivity index (χ4v) is 1.48. The molecule has 0 aromatic carbocycles.